The zero-order valence-electron chi connectivity index (χ0n) is 18.8. The molecule has 3 aromatic carbocycles. The van der Waals surface area contributed by atoms with Gasteiger partial charge in [-0.05, 0) is 42.5 Å². The number of rotatable bonds is 7. The highest BCUT2D eigenvalue weighted by atomic mass is 79.9. The fourth-order valence-corrected chi connectivity index (χ4v) is 5.52. The van der Waals surface area contributed by atoms with Crippen molar-refractivity contribution in [2.24, 2.45) is 0 Å². The van der Waals surface area contributed by atoms with Crippen molar-refractivity contribution in [1.29, 1.82) is 0 Å². The second-order valence-corrected chi connectivity index (χ2v) is 10.6. The Morgan fingerprint density at radius 2 is 1.63 bits per heavy atom. The summed E-state index contributed by atoms with van der Waals surface area (Å²) in [4.78, 5) is 27.9. The number of amides is 2. The molecule has 8 nitrogen and oxygen atoms in total. The Kier molecular flexibility index (Phi) is 7.84. The van der Waals surface area contributed by atoms with Crippen LogP contribution in [0, 0.1) is 0 Å². The number of carbonyl (C=O) groups is 2. The van der Waals surface area contributed by atoms with Crippen molar-refractivity contribution in [3.8, 4) is 0 Å². The number of nitrogens with zero attached hydrogens (tertiary/aromatic N) is 2. The number of ether oxygens (including phenoxy) is 1. The van der Waals surface area contributed by atoms with E-state index in [4.69, 9.17) is 4.74 Å². The minimum absolute atomic E-state index is 0.0654. The van der Waals surface area contributed by atoms with Crippen LogP contribution in [0.2, 0.25) is 0 Å². The summed E-state index contributed by atoms with van der Waals surface area (Å²) < 4.78 is 34.0. The van der Waals surface area contributed by atoms with Gasteiger partial charge in [-0.2, -0.15) is 0 Å². The number of anilines is 2. The van der Waals surface area contributed by atoms with E-state index in [1.54, 1.807) is 71.6 Å². The Morgan fingerprint density at radius 3 is 2.34 bits per heavy atom. The van der Waals surface area contributed by atoms with Gasteiger partial charge in [-0.15, -0.1) is 0 Å². The van der Waals surface area contributed by atoms with Gasteiger partial charge in [-0.3, -0.25) is 13.9 Å². The number of hydrogen-bond acceptors (Lipinski definition) is 5. The number of nitrogens with one attached hydrogen (secondary N) is 1. The number of carbonyl (C=O) groups excluding carboxylic acids is 2. The van der Waals surface area contributed by atoms with Gasteiger partial charge in [0.25, 0.3) is 15.9 Å². The van der Waals surface area contributed by atoms with Crippen LogP contribution in [0.5, 0.6) is 0 Å². The van der Waals surface area contributed by atoms with Crippen LogP contribution < -0.4 is 9.62 Å². The molecule has 0 unspecified atom stereocenters. The molecule has 1 N–H and O–H groups in total. The average molecular weight is 558 g/mol. The molecule has 1 aliphatic rings. The Balaban J connectivity index is 1.61. The first-order valence-corrected chi connectivity index (χ1v) is 13.2. The molecule has 1 heterocycles. The summed E-state index contributed by atoms with van der Waals surface area (Å²) in [6.45, 7) is 1.37. The molecule has 3 aromatic rings. The van der Waals surface area contributed by atoms with E-state index in [0.717, 1.165) is 4.31 Å². The van der Waals surface area contributed by atoms with E-state index < -0.39 is 22.5 Å². The predicted molar refractivity (Wildman–Crippen MR) is 137 cm³/mol. The largest absolute Gasteiger partial charge is 0.378 e. The van der Waals surface area contributed by atoms with Gasteiger partial charge < -0.3 is 15.0 Å². The zero-order valence-corrected chi connectivity index (χ0v) is 21.2. The lowest BCUT2D eigenvalue weighted by atomic mass is 10.1. The standard InChI is InChI=1S/C25H24BrN3O5S/c26-19-7-6-8-20(17-19)29(35(32,33)21-9-2-1-3-10-21)18-24(30)27-23-12-5-4-11-22(23)25(31)28-13-15-34-16-14-28/h1-12,17H,13-16,18H2,(H,27,30). The van der Waals surface area contributed by atoms with Crippen molar-refractivity contribution in [2.75, 3.05) is 42.5 Å². The van der Waals surface area contributed by atoms with Gasteiger partial charge in [0.15, 0.2) is 0 Å². The molecule has 1 fully saturated rings. The molecule has 0 saturated carbocycles. The second kappa shape index (κ2) is 11.0. The van der Waals surface area contributed by atoms with Crippen LogP contribution in [0.3, 0.4) is 0 Å². The third-order valence-corrected chi connectivity index (χ3v) is 7.73. The van der Waals surface area contributed by atoms with Crippen LogP contribution in [0.1, 0.15) is 10.4 Å². The molecule has 35 heavy (non-hydrogen) atoms. The van der Waals surface area contributed by atoms with Crippen LogP contribution in [-0.2, 0) is 19.6 Å². The van der Waals surface area contributed by atoms with Crippen LogP contribution in [-0.4, -0.2) is 58.0 Å². The van der Waals surface area contributed by atoms with Crippen molar-refractivity contribution in [3.05, 3.63) is 88.9 Å². The molecule has 0 spiro atoms. The molecule has 0 bridgehead atoms. The number of sulfonamides is 1. The van der Waals surface area contributed by atoms with Crippen LogP contribution >= 0.6 is 15.9 Å². The van der Waals surface area contributed by atoms with Crippen molar-refractivity contribution >= 4 is 49.1 Å². The van der Waals surface area contributed by atoms with Crippen LogP contribution in [0.4, 0.5) is 11.4 Å². The van der Waals surface area contributed by atoms with Gasteiger partial charge in [-0.1, -0.05) is 52.3 Å². The SMILES string of the molecule is O=C(CN(c1cccc(Br)c1)S(=O)(=O)c1ccccc1)Nc1ccccc1C(=O)N1CCOCC1. The van der Waals surface area contributed by atoms with E-state index in [2.05, 4.69) is 21.2 Å². The number of benzene rings is 3. The third kappa shape index (κ3) is 5.90. The fraction of sp³-hybridized carbons (Fsp3) is 0.200. The summed E-state index contributed by atoms with van der Waals surface area (Å²) in [5.74, 6) is -0.795. The van der Waals surface area contributed by atoms with Crippen LogP contribution in [0.15, 0.2) is 88.2 Å². The van der Waals surface area contributed by atoms with Crippen molar-refractivity contribution in [3.63, 3.8) is 0 Å². The van der Waals surface area contributed by atoms with Gasteiger partial charge in [0, 0.05) is 17.6 Å². The highest BCUT2D eigenvalue weighted by Gasteiger charge is 2.28. The fourth-order valence-electron chi connectivity index (χ4n) is 3.70. The van der Waals surface area contributed by atoms with Gasteiger partial charge in [0.2, 0.25) is 5.91 Å². The van der Waals surface area contributed by atoms with Crippen molar-refractivity contribution in [1.82, 2.24) is 4.90 Å². The first kappa shape index (κ1) is 24.9. The minimum Gasteiger partial charge on any atom is -0.378 e. The summed E-state index contributed by atoms with van der Waals surface area (Å²) in [5, 5.41) is 2.73. The normalized spacial score (nSPS) is 13.8. The lowest BCUT2D eigenvalue weighted by molar-refractivity contribution is -0.114. The summed E-state index contributed by atoms with van der Waals surface area (Å²) in [6, 6.07) is 21.3. The molecule has 0 aromatic heterocycles. The van der Waals surface area contributed by atoms with E-state index in [-0.39, 0.29) is 10.8 Å². The van der Waals surface area contributed by atoms with E-state index >= 15 is 0 Å². The average Bonchev–Trinajstić information content (AvgIpc) is 2.88. The van der Waals surface area contributed by atoms with Gasteiger partial charge >= 0.3 is 0 Å². The monoisotopic (exact) mass is 557 g/mol. The highest BCUT2D eigenvalue weighted by Crippen LogP contribution is 2.27. The summed E-state index contributed by atoms with van der Waals surface area (Å²) in [7, 11) is -4.04. The summed E-state index contributed by atoms with van der Waals surface area (Å²) in [6.07, 6.45) is 0. The van der Waals surface area contributed by atoms with Gasteiger partial charge in [0.05, 0.1) is 35.0 Å². The molecule has 1 saturated heterocycles. The van der Waals surface area contributed by atoms with Gasteiger partial charge in [0.1, 0.15) is 6.54 Å². The topological polar surface area (TPSA) is 96.0 Å². The Labute approximate surface area is 212 Å². The molecule has 1 aliphatic heterocycles. The molecule has 0 aliphatic carbocycles. The zero-order chi connectivity index (χ0) is 24.8. The summed E-state index contributed by atoms with van der Waals surface area (Å²) in [5.41, 5.74) is 0.985. The minimum atomic E-state index is -4.04. The predicted octanol–water partition coefficient (Wildman–Crippen LogP) is 3.76. The number of para-hydroxylation sites is 1. The van der Waals surface area contributed by atoms with E-state index in [1.807, 2.05) is 0 Å². The molecule has 182 valence electrons. The first-order valence-electron chi connectivity index (χ1n) is 11.0. The van der Waals surface area contributed by atoms with Crippen molar-refractivity contribution < 1.29 is 22.7 Å². The molecule has 0 radical (unpaired) electrons. The smallest absolute Gasteiger partial charge is 0.264 e. The lowest BCUT2D eigenvalue weighted by Crippen LogP contribution is -2.41. The Bertz CT molecular complexity index is 1310. The molecular formula is C25H24BrN3O5S. The van der Waals surface area contributed by atoms with Crippen LogP contribution in [0.25, 0.3) is 0 Å². The maximum Gasteiger partial charge on any atom is 0.264 e. The summed E-state index contributed by atoms with van der Waals surface area (Å²) >= 11 is 3.36. The van der Waals surface area contributed by atoms with Gasteiger partial charge in [-0.25, -0.2) is 8.42 Å². The molecule has 0 atom stereocenters. The number of halogens is 1. The molecule has 4 rings (SSSR count). The molecule has 2 amide bonds. The van der Waals surface area contributed by atoms with E-state index in [9.17, 15) is 18.0 Å². The third-order valence-electron chi connectivity index (χ3n) is 5.44. The second-order valence-electron chi connectivity index (χ2n) is 7.80. The highest BCUT2D eigenvalue weighted by molar-refractivity contribution is 9.10. The molecule has 10 heteroatoms. The quantitative estimate of drug-likeness (QED) is 0.477. The molecular weight excluding hydrogens is 534 g/mol. The first-order chi connectivity index (χ1) is 16.9. The lowest BCUT2D eigenvalue weighted by Gasteiger charge is -2.28. The Morgan fingerprint density at radius 1 is 0.943 bits per heavy atom. The number of hydrogen-bond donors (Lipinski definition) is 1. The Hall–Kier alpha value is -3.21. The van der Waals surface area contributed by atoms with Crippen molar-refractivity contribution in [2.45, 2.75) is 4.90 Å². The van der Waals surface area contributed by atoms with E-state index in [0.29, 0.717) is 47.7 Å². The maximum atomic E-state index is 13.5. The number of morpholine rings is 1. The maximum absolute atomic E-state index is 13.5. The van der Waals surface area contributed by atoms with E-state index in [1.165, 1.54) is 12.1 Å².